The van der Waals surface area contributed by atoms with Gasteiger partial charge in [0.25, 0.3) is 0 Å². The van der Waals surface area contributed by atoms with E-state index in [0.29, 0.717) is 13.0 Å². The van der Waals surface area contributed by atoms with Gasteiger partial charge in [-0.15, -0.1) is 0 Å². The van der Waals surface area contributed by atoms with Gasteiger partial charge in [-0.05, 0) is 43.2 Å². The number of aldehydes is 3. The van der Waals surface area contributed by atoms with Gasteiger partial charge in [-0.25, -0.2) is 0 Å². The zero-order chi connectivity index (χ0) is 36.1. The molecule has 0 aromatic heterocycles. The Morgan fingerprint density at radius 1 is 0.489 bits per heavy atom. The minimum Gasteiger partial charge on any atom is -0.336 e. The highest BCUT2D eigenvalue weighted by molar-refractivity contribution is 5.66. The summed E-state index contributed by atoms with van der Waals surface area (Å²) in [5.41, 5.74) is 2.31. The van der Waals surface area contributed by atoms with Crippen LogP contribution in [-0.4, -0.2) is 84.0 Å². The summed E-state index contributed by atoms with van der Waals surface area (Å²) in [4.78, 5) is 67.0. The maximum absolute atomic E-state index is 10.7. The highest BCUT2D eigenvalue weighted by Gasteiger charge is 2.24. The number of nitrogens with zero attached hydrogens (tertiary/aromatic N) is 3. The summed E-state index contributed by atoms with van der Waals surface area (Å²) < 4.78 is 0. The van der Waals surface area contributed by atoms with Gasteiger partial charge in [-0.3, -0.25) is 14.4 Å². The summed E-state index contributed by atoms with van der Waals surface area (Å²) in [6.45, 7) is 26.0. The maximum atomic E-state index is 10.7. The Labute approximate surface area is 276 Å². The van der Waals surface area contributed by atoms with E-state index in [2.05, 4.69) is 0 Å². The van der Waals surface area contributed by atoms with E-state index in [9.17, 15) is 28.8 Å². The number of carbonyl (C=O) groups is 6. The van der Waals surface area contributed by atoms with Crippen LogP contribution in [0.1, 0.15) is 126 Å². The Balaban J connectivity index is -0.000000155. The van der Waals surface area contributed by atoms with Crippen molar-refractivity contribution in [3.8, 4) is 0 Å². The molecular formula is C36H67N3O6. The minimum absolute atomic E-state index is 0.137. The van der Waals surface area contributed by atoms with Crippen molar-refractivity contribution < 1.29 is 28.8 Å². The summed E-state index contributed by atoms with van der Waals surface area (Å²) in [5.74, 6) is 0. The molecule has 3 amide bonds. The fourth-order valence-corrected chi connectivity index (χ4v) is 4.16. The van der Waals surface area contributed by atoms with Crippen LogP contribution in [-0.2, 0) is 41.7 Å². The van der Waals surface area contributed by atoms with Crippen LogP contribution in [0.4, 0.5) is 0 Å². The fourth-order valence-electron chi connectivity index (χ4n) is 4.16. The predicted molar refractivity (Wildman–Crippen MR) is 188 cm³/mol. The van der Waals surface area contributed by atoms with Crippen LogP contribution in [0.15, 0.2) is 24.3 Å². The van der Waals surface area contributed by atoms with E-state index in [1.165, 1.54) is 15.4 Å². The van der Waals surface area contributed by atoms with Gasteiger partial charge in [-0.2, -0.15) is 0 Å². The van der Waals surface area contributed by atoms with Gasteiger partial charge in [0, 0.05) is 26.1 Å². The quantitative estimate of drug-likeness (QED) is 0.313. The van der Waals surface area contributed by atoms with Crippen molar-refractivity contribution in [3.05, 3.63) is 35.4 Å². The molecule has 1 aromatic carbocycles. The number of likely N-dealkylation sites (tertiary alicyclic amines) is 2. The van der Waals surface area contributed by atoms with Crippen molar-refractivity contribution in [2.24, 2.45) is 0 Å². The highest BCUT2D eigenvalue weighted by atomic mass is 16.2. The normalized spacial score (nSPS) is 18.0. The molecule has 3 unspecified atom stereocenters. The van der Waals surface area contributed by atoms with Gasteiger partial charge >= 0.3 is 0 Å². The molecule has 9 nitrogen and oxygen atoms in total. The lowest BCUT2D eigenvalue weighted by Crippen LogP contribution is -2.40. The van der Waals surface area contributed by atoms with Crippen LogP contribution in [0.3, 0.4) is 0 Å². The predicted octanol–water partition coefficient (Wildman–Crippen LogP) is 6.93. The summed E-state index contributed by atoms with van der Waals surface area (Å²) in [7, 11) is 0. The zero-order valence-corrected chi connectivity index (χ0v) is 30.7. The minimum atomic E-state index is -0.289. The Kier molecular flexibility index (Phi) is 46.3. The van der Waals surface area contributed by atoms with E-state index in [-0.39, 0.29) is 18.1 Å². The molecule has 3 aliphatic heterocycles. The van der Waals surface area contributed by atoms with Crippen LogP contribution in [0.2, 0.25) is 0 Å². The Hall–Kier alpha value is -3.36. The highest BCUT2D eigenvalue weighted by Crippen LogP contribution is 2.20. The van der Waals surface area contributed by atoms with E-state index in [4.69, 9.17) is 0 Å². The first kappa shape index (κ1) is 51.2. The molecule has 1 aromatic rings. The number of rotatable bonds is 6. The van der Waals surface area contributed by atoms with Crippen LogP contribution >= 0.6 is 0 Å². The number of amides is 3. The van der Waals surface area contributed by atoms with Crippen molar-refractivity contribution in [3.63, 3.8) is 0 Å². The summed E-state index contributed by atoms with van der Waals surface area (Å²) >= 11 is 0. The van der Waals surface area contributed by atoms with Gasteiger partial charge in [0.05, 0.1) is 18.1 Å². The molecule has 9 heteroatoms. The molecule has 4 rings (SSSR count). The number of carbonyl (C=O) groups excluding carboxylic acids is 6. The van der Waals surface area contributed by atoms with E-state index in [0.717, 1.165) is 88.8 Å². The van der Waals surface area contributed by atoms with Gasteiger partial charge < -0.3 is 29.1 Å². The summed E-state index contributed by atoms with van der Waals surface area (Å²) in [5, 5.41) is 0. The van der Waals surface area contributed by atoms with Crippen LogP contribution < -0.4 is 0 Å². The monoisotopic (exact) mass is 638 g/mol. The number of hydrogen-bond donors (Lipinski definition) is 0. The molecule has 2 fully saturated rings. The van der Waals surface area contributed by atoms with Crippen LogP contribution in [0.25, 0.3) is 0 Å². The number of piperidine rings is 1. The number of hydrogen-bond acceptors (Lipinski definition) is 6. The van der Waals surface area contributed by atoms with E-state index in [1.54, 1.807) is 4.90 Å². The summed E-state index contributed by atoms with van der Waals surface area (Å²) in [6.07, 6.45) is 10.1. The van der Waals surface area contributed by atoms with E-state index in [1.807, 2.05) is 107 Å². The second-order valence-corrected chi connectivity index (χ2v) is 8.19. The molecule has 3 heterocycles. The number of fused-ring (bicyclic) bond motifs is 1. The van der Waals surface area contributed by atoms with Gasteiger partial charge in [-0.1, -0.05) is 107 Å². The standard InChI is InChI=1S/C11H11NO2.C7H11NO2.C6H9NO2.6C2H6/c13-7-11-5-9-3-1-2-4-10(9)6-12(11)8-14;9-5-7-3-1-2-4-8(7)6-10;8-4-6-2-1-3-7(6)5-9;6*1-2/h1-4,7-8,11H,5-6H2;5-7H,1-4H2;4-6H,1-3H2;6*1-2H3. The molecule has 0 bridgehead atoms. The third-order valence-electron chi connectivity index (χ3n) is 6.14. The van der Waals surface area contributed by atoms with Crippen LogP contribution in [0, 0.1) is 0 Å². The third kappa shape index (κ3) is 21.9. The molecule has 0 saturated carbocycles. The molecule has 3 atom stereocenters. The smallest absolute Gasteiger partial charge is 0.210 e. The topological polar surface area (TPSA) is 112 Å². The average molecular weight is 638 g/mol. The molecule has 0 N–H and O–H groups in total. The van der Waals surface area contributed by atoms with Crippen molar-refractivity contribution in [2.45, 2.75) is 146 Å². The van der Waals surface area contributed by atoms with Gasteiger partial charge in [0.15, 0.2) is 0 Å². The van der Waals surface area contributed by atoms with Crippen molar-refractivity contribution >= 4 is 38.1 Å². The zero-order valence-electron chi connectivity index (χ0n) is 30.7. The fraction of sp³-hybridized carbons (Fsp3) is 0.667. The lowest BCUT2D eigenvalue weighted by molar-refractivity contribution is -0.126. The largest absolute Gasteiger partial charge is 0.336 e. The number of benzene rings is 1. The van der Waals surface area contributed by atoms with E-state index < -0.39 is 0 Å². The Bertz CT molecular complexity index is 757. The van der Waals surface area contributed by atoms with Crippen molar-refractivity contribution in [2.75, 3.05) is 13.1 Å². The molecule has 2 saturated heterocycles. The third-order valence-corrected chi connectivity index (χ3v) is 6.14. The average Bonchev–Trinajstić information content (AvgIpc) is 3.64. The van der Waals surface area contributed by atoms with Gasteiger partial charge in [0.1, 0.15) is 18.9 Å². The lowest BCUT2D eigenvalue weighted by atomic mass is 9.95. The molecule has 45 heavy (non-hydrogen) atoms. The molecule has 3 aliphatic rings. The molecule has 262 valence electrons. The maximum Gasteiger partial charge on any atom is 0.210 e. The second kappa shape index (κ2) is 40.6. The van der Waals surface area contributed by atoms with Crippen molar-refractivity contribution in [1.82, 2.24) is 14.7 Å². The Morgan fingerprint density at radius 3 is 1.24 bits per heavy atom. The SMILES string of the molecule is CC.CC.CC.CC.CC.CC.O=CC1CCCCN1C=O.O=CC1CCCN1C=O.O=CC1Cc2ccccc2CN1C=O. The van der Waals surface area contributed by atoms with Crippen LogP contribution in [0.5, 0.6) is 0 Å². The van der Waals surface area contributed by atoms with E-state index >= 15 is 0 Å². The lowest BCUT2D eigenvalue weighted by Gasteiger charge is -2.30. The first-order valence-corrected chi connectivity index (χ1v) is 17.2. The first-order valence-electron chi connectivity index (χ1n) is 17.2. The Morgan fingerprint density at radius 2 is 0.867 bits per heavy atom. The molecule has 0 aliphatic carbocycles. The molecule has 0 spiro atoms. The first-order chi connectivity index (χ1) is 22.1. The van der Waals surface area contributed by atoms with Crippen molar-refractivity contribution in [1.29, 1.82) is 0 Å². The van der Waals surface area contributed by atoms with Gasteiger partial charge in [0.2, 0.25) is 19.2 Å². The molecular weight excluding hydrogens is 570 g/mol. The summed E-state index contributed by atoms with van der Waals surface area (Å²) in [6, 6.07) is 7.33. The second-order valence-electron chi connectivity index (χ2n) is 8.19. The molecule has 0 radical (unpaired) electrons.